The number of nitrogens with one attached hydrogen (secondary N) is 1. The molecule has 1 heterocycles. The normalized spacial score (nSPS) is 14.9. The van der Waals surface area contributed by atoms with Crippen molar-refractivity contribution in [3.05, 3.63) is 89.0 Å². The Balaban J connectivity index is 1.67. The van der Waals surface area contributed by atoms with E-state index in [4.69, 9.17) is 5.26 Å². The summed E-state index contributed by atoms with van der Waals surface area (Å²) in [7, 11) is 0. The smallest absolute Gasteiger partial charge is 0.417 e. The lowest BCUT2D eigenvalue weighted by molar-refractivity contribution is -0.137. The van der Waals surface area contributed by atoms with E-state index in [-0.39, 0.29) is 17.8 Å². The van der Waals surface area contributed by atoms with Gasteiger partial charge in [0, 0.05) is 11.4 Å². The number of amides is 3. The fourth-order valence-electron chi connectivity index (χ4n) is 4.17. The number of carbonyl (C=O) groups is 3. The minimum atomic E-state index is -4.86. The van der Waals surface area contributed by atoms with Crippen LogP contribution in [-0.4, -0.2) is 33.5 Å². The maximum absolute atomic E-state index is 13.5. The van der Waals surface area contributed by atoms with E-state index in [0.29, 0.717) is 27.9 Å². The van der Waals surface area contributed by atoms with E-state index in [1.807, 2.05) is 0 Å². The molecular formula is C27H21F3N4O4. The lowest BCUT2D eigenvalue weighted by Crippen LogP contribution is -2.43. The molecule has 0 radical (unpaired) electrons. The highest BCUT2D eigenvalue weighted by atomic mass is 19.4. The first kappa shape index (κ1) is 26.2. The van der Waals surface area contributed by atoms with Crippen LogP contribution in [0.25, 0.3) is 0 Å². The van der Waals surface area contributed by atoms with E-state index in [9.17, 15) is 32.7 Å². The van der Waals surface area contributed by atoms with Crippen molar-refractivity contribution in [3.63, 3.8) is 0 Å². The Morgan fingerprint density at radius 2 is 1.76 bits per heavy atom. The molecule has 1 saturated heterocycles. The Hall–Kier alpha value is -4.85. The van der Waals surface area contributed by atoms with Crippen LogP contribution in [0.4, 0.5) is 35.0 Å². The summed E-state index contributed by atoms with van der Waals surface area (Å²) < 4.78 is 40.5. The number of hydrogen-bond donors (Lipinski definition) is 2. The summed E-state index contributed by atoms with van der Waals surface area (Å²) in [6.07, 6.45) is -4.86. The van der Waals surface area contributed by atoms with Crippen molar-refractivity contribution in [2.24, 2.45) is 0 Å². The number of aromatic carboxylic acids is 1. The summed E-state index contributed by atoms with van der Waals surface area (Å²) in [6, 6.07) is 16.4. The molecule has 1 fully saturated rings. The Labute approximate surface area is 215 Å². The summed E-state index contributed by atoms with van der Waals surface area (Å²) in [4.78, 5) is 40.0. The predicted molar refractivity (Wildman–Crippen MR) is 132 cm³/mol. The molecule has 0 atom stereocenters. The number of imide groups is 1. The molecule has 0 bridgehead atoms. The lowest BCUT2D eigenvalue weighted by Gasteiger charge is -2.28. The van der Waals surface area contributed by atoms with Gasteiger partial charge in [-0.05, 0) is 61.9 Å². The van der Waals surface area contributed by atoms with Gasteiger partial charge in [0.15, 0.2) is 0 Å². The number of hydrogen-bond acceptors (Lipinski definition) is 5. The third-order valence-corrected chi connectivity index (χ3v) is 6.25. The molecule has 4 rings (SSSR count). The van der Waals surface area contributed by atoms with E-state index in [1.165, 1.54) is 36.9 Å². The monoisotopic (exact) mass is 522 g/mol. The zero-order valence-electron chi connectivity index (χ0n) is 20.2. The third kappa shape index (κ3) is 4.76. The molecule has 0 saturated carbocycles. The van der Waals surface area contributed by atoms with E-state index >= 15 is 0 Å². The summed E-state index contributed by atoms with van der Waals surface area (Å²) >= 11 is 0. The number of nitrogens with zero attached hydrogens (tertiary/aromatic N) is 3. The maximum atomic E-state index is 13.5. The molecule has 2 N–H and O–H groups in total. The van der Waals surface area contributed by atoms with Crippen LogP contribution in [0.5, 0.6) is 0 Å². The van der Waals surface area contributed by atoms with Gasteiger partial charge in [-0.15, -0.1) is 0 Å². The van der Waals surface area contributed by atoms with E-state index in [2.05, 4.69) is 5.32 Å². The average Bonchev–Trinajstić information content (AvgIpc) is 3.03. The second-order valence-corrected chi connectivity index (χ2v) is 9.08. The first-order chi connectivity index (χ1) is 17.8. The Morgan fingerprint density at radius 1 is 1.05 bits per heavy atom. The summed E-state index contributed by atoms with van der Waals surface area (Å²) in [5, 5.41) is 21.4. The van der Waals surface area contributed by atoms with Crippen molar-refractivity contribution < 1.29 is 32.7 Å². The number of urea groups is 1. The zero-order valence-corrected chi connectivity index (χ0v) is 20.2. The maximum Gasteiger partial charge on any atom is 0.417 e. The van der Waals surface area contributed by atoms with Crippen molar-refractivity contribution in [2.75, 3.05) is 10.2 Å². The van der Waals surface area contributed by atoms with E-state index in [0.717, 1.165) is 12.1 Å². The number of carboxylic acid groups (broad SMARTS) is 1. The molecule has 0 unspecified atom stereocenters. The number of alkyl halides is 3. The second-order valence-electron chi connectivity index (χ2n) is 9.08. The van der Waals surface area contributed by atoms with Crippen LogP contribution in [0.1, 0.15) is 40.9 Å². The highest BCUT2D eigenvalue weighted by Crippen LogP contribution is 2.38. The zero-order chi connectivity index (χ0) is 27.8. The number of nitriles is 1. The quantitative estimate of drug-likeness (QED) is 0.398. The largest absolute Gasteiger partial charge is 0.478 e. The number of carbonyl (C=O) groups excluding carboxylic acids is 2. The standard InChI is InChI=1S/C27H21F3N4O4/c1-26(2)24(37)34(20-11-10-17(14-31)21(13-20)27(28,29)30)25(38)33(26)15-18-6-3-4-9-22(18)32-19-8-5-7-16(12-19)23(35)36/h3-13,32H,15H2,1-2H3,(H,35,36). The number of para-hydroxylation sites is 1. The SMILES string of the molecule is CC1(C)C(=O)N(c2ccc(C#N)c(C(F)(F)F)c2)C(=O)N1Cc1ccccc1Nc1cccc(C(=O)O)c1. The molecule has 11 heteroatoms. The fraction of sp³-hybridized carbons (Fsp3) is 0.185. The van der Waals surface area contributed by atoms with Crippen LogP contribution < -0.4 is 10.2 Å². The van der Waals surface area contributed by atoms with Crippen molar-refractivity contribution in [3.8, 4) is 6.07 Å². The topological polar surface area (TPSA) is 114 Å². The van der Waals surface area contributed by atoms with Crippen LogP contribution in [0.15, 0.2) is 66.7 Å². The van der Waals surface area contributed by atoms with Crippen LogP contribution >= 0.6 is 0 Å². The summed E-state index contributed by atoms with van der Waals surface area (Å²) in [5.74, 6) is -1.82. The minimum Gasteiger partial charge on any atom is -0.478 e. The molecule has 38 heavy (non-hydrogen) atoms. The van der Waals surface area contributed by atoms with Gasteiger partial charge in [-0.25, -0.2) is 14.5 Å². The van der Waals surface area contributed by atoms with Gasteiger partial charge < -0.3 is 15.3 Å². The van der Waals surface area contributed by atoms with Gasteiger partial charge in [0.25, 0.3) is 5.91 Å². The van der Waals surface area contributed by atoms with Gasteiger partial charge in [-0.2, -0.15) is 18.4 Å². The highest BCUT2D eigenvalue weighted by Gasteiger charge is 2.52. The Kier molecular flexibility index (Phi) is 6.59. The molecule has 1 aliphatic heterocycles. The first-order valence-electron chi connectivity index (χ1n) is 11.3. The van der Waals surface area contributed by atoms with E-state index < -0.39 is 40.7 Å². The highest BCUT2D eigenvalue weighted by molar-refractivity contribution is 6.23. The van der Waals surface area contributed by atoms with Gasteiger partial charge >= 0.3 is 18.2 Å². The molecule has 3 aromatic carbocycles. The van der Waals surface area contributed by atoms with Crippen LogP contribution in [-0.2, 0) is 17.5 Å². The number of halogens is 3. The molecule has 8 nitrogen and oxygen atoms in total. The lowest BCUT2D eigenvalue weighted by atomic mass is 10.0. The van der Waals surface area contributed by atoms with Crippen molar-refractivity contribution >= 4 is 35.0 Å². The van der Waals surface area contributed by atoms with Crippen LogP contribution in [0.2, 0.25) is 0 Å². The summed E-state index contributed by atoms with van der Waals surface area (Å²) in [6.45, 7) is 2.92. The molecular weight excluding hydrogens is 501 g/mol. The average molecular weight is 522 g/mol. The minimum absolute atomic E-state index is 0.0712. The molecule has 3 aromatic rings. The van der Waals surface area contributed by atoms with Gasteiger partial charge in [0.2, 0.25) is 0 Å². The molecule has 0 spiro atoms. The first-order valence-corrected chi connectivity index (χ1v) is 11.3. The molecule has 1 aliphatic rings. The van der Waals surface area contributed by atoms with Gasteiger partial charge in [0.05, 0.1) is 35.0 Å². The van der Waals surface area contributed by atoms with Crippen LogP contribution in [0.3, 0.4) is 0 Å². The second kappa shape index (κ2) is 9.55. The Bertz CT molecular complexity index is 1490. The summed E-state index contributed by atoms with van der Waals surface area (Å²) in [5.41, 5.74) is -1.87. The van der Waals surface area contributed by atoms with Gasteiger partial charge in [-0.1, -0.05) is 24.3 Å². The fourth-order valence-corrected chi connectivity index (χ4v) is 4.17. The molecule has 3 amide bonds. The third-order valence-electron chi connectivity index (χ3n) is 6.25. The van der Waals surface area contributed by atoms with Gasteiger partial charge in [-0.3, -0.25) is 4.79 Å². The number of anilines is 3. The molecule has 0 aromatic heterocycles. The van der Waals surface area contributed by atoms with Crippen LogP contribution in [0, 0.1) is 11.3 Å². The van der Waals surface area contributed by atoms with Gasteiger partial charge in [0.1, 0.15) is 5.54 Å². The molecule has 0 aliphatic carbocycles. The number of benzene rings is 3. The van der Waals surface area contributed by atoms with Crippen molar-refractivity contribution in [1.82, 2.24) is 4.90 Å². The predicted octanol–water partition coefficient (Wildman–Crippen LogP) is 5.77. The molecule has 194 valence electrons. The van der Waals surface area contributed by atoms with Crippen molar-refractivity contribution in [1.29, 1.82) is 5.26 Å². The van der Waals surface area contributed by atoms with E-state index in [1.54, 1.807) is 36.4 Å². The Morgan fingerprint density at radius 3 is 2.42 bits per heavy atom. The number of rotatable bonds is 6. The number of carboxylic acids is 1. The van der Waals surface area contributed by atoms with Crippen molar-refractivity contribution in [2.45, 2.75) is 32.1 Å².